The molecule has 0 spiro atoms. The van der Waals surface area contributed by atoms with Gasteiger partial charge in [0.1, 0.15) is 11.5 Å². The van der Waals surface area contributed by atoms with Gasteiger partial charge in [0.25, 0.3) is 0 Å². The molecular formula is C21H19ClN2O5S. The minimum absolute atomic E-state index is 0.118. The summed E-state index contributed by atoms with van der Waals surface area (Å²) in [7, 11) is -1.42. The van der Waals surface area contributed by atoms with Gasteiger partial charge in [-0.2, -0.15) is 0 Å². The second kappa shape index (κ2) is 8.89. The molecule has 0 radical (unpaired) electrons. The zero-order valence-corrected chi connectivity index (χ0v) is 17.7. The average Bonchev–Trinajstić information content (AvgIpc) is 3.33. The van der Waals surface area contributed by atoms with Crippen molar-refractivity contribution >= 4 is 28.3 Å². The van der Waals surface area contributed by atoms with Crippen LogP contribution in [0.5, 0.6) is 11.5 Å². The number of amides is 1. The van der Waals surface area contributed by atoms with Crippen LogP contribution in [0.4, 0.5) is 0 Å². The van der Waals surface area contributed by atoms with Gasteiger partial charge < -0.3 is 19.2 Å². The molecule has 1 aromatic heterocycles. The standard InChI is InChI=1S/C21H19ClN2O5S/c1-13-17(24-21(29-13)15-3-5-16(22)6-4-15)10-30(26)11-20(25)23-9-14-2-7-18-19(8-14)28-12-27-18/h2-8H,9-12H2,1H3,(H,23,25)/t30-/m0/s1. The number of fused-ring (bicyclic) bond motifs is 1. The summed E-state index contributed by atoms with van der Waals surface area (Å²) in [6.45, 7) is 2.28. The largest absolute Gasteiger partial charge is 0.454 e. The number of carbonyl (C=O) groups excluding carboxylic acids is 1. The van der Waals surface area contributed by atoms with Crippen LogP contribution in [0.3, 0.4) is 0 Å². The van der Waals surface area contributed by atoms with Gasteiger partial charge in [-0.3, -0.25) is 9.00 Å². The molecule has 0 fully saturated rings. The van der Waals surface area contributed by atoms with Crippen molar-refractivity contribution < 1.29 is 22.9 Å². The third-order valence-corrected chi connectivity index (χ3v) is 5.93. The monoisotopic (exact) mass is 446 g/mol. The molecule has 0 saturated carbocycles. The van der Waals surface area contributed by atoms with Gasteiger partial charge in [0.2, 0.25) is 18.6 Å². The summed E-state index contributed by atoms with van der Waals surface area (Å²) in [5.74, 6) is 2.08. The van der Waals surface area contributed by atoms with Crippen molar-refractivity contribution in [1.29, 1.82) is 0 Å². The normalized spacial score (nSPS) is 13.3. The number of carbonyl (C=O) groups is 1. The smallest absolute Gasteiger partial charge is 0.232 e. The molecule has 1 aliphatic heterocycles. The molecule has 30 heavy (non-hydrogen) atoms. The van der Waals surface area contributed by atoms with Crippen LogP contribution in [0, 0.1) is 6.92 Å². The number of hydrogen-bond donors (Lipinski definition) is 1. The molecule has 4 rings (SSSR count). The van der Waals surface area contributed by atoms with Crippen molar-refractivity contribution in [3.8, 4) is 23.0 Å². The van der Waals surface area contributed by atoms with Crippen molar-refractivity contribution in [3.05, 3.63) is 64.5 Å². The Hall–Kier alpha value is -2.84. The van der Waals surface area contributed by atoms with Gasteiger partial charge in [-0.1, -0.05) is 17.7 Å². The summed E-state index contributed by atoms with van der Waals surface area (Å²) in [6, 6.07) is 12.6. The zero-order valence-electron chi connectivity index (χ0n) is 16.1. The Morgan fingerprint density at radius 2 is 1.93 bits per heavy atom. The lowest BCUT2D eigenvalue weighted by Gasteiger charge is -2.06. The Balaban J connectivity index is 1.31. The number of nitrogens with one attached hydrogen (secondary N) is 1. The number of rotatable bonds is 7. The summed E-state index contributed by atoms with van der Waals surface area (Å²) in [5, 5.41) is 3.39. The van der Waals surface area contributed by atoms with E-state index in [1.54, 1.807) is 37.3 Å². The first-order valence-corrected chi connectivity index (χ1v) is 11.1. The molecule has 2 heterocycles. The van der Waals surface area contributed by atoms with Crippen LogP contribution in [-0.4, -0.2) is 27.6 Å². The van der Waals surface area contributed by atoms with Gasteiger partial charge in [-0.05, 0) is 48.9 Å². The van der Waals surface area contributed by atoms with Crippen LogP contribution >= 0.6 is 11.6 Å². The first-order valence-electron chi connectivity index (χ1n) is 9.20. The van der Waals surface area contributed by atoms with Gasteiger partial charge in [-0.15, -0.1) is 0 Å². The number of benzene rings is 2. The number of aromatic nitrogens is 1. The number of aryl methyl sites for hydroxylation is 1. The van der Waals surface area contributed by atoms with Crippen molar-refractivity contribution in [3.63, 3.8) is 0 Å². The maximum Gasteiger partial charge on any atom is 0.232 e. The summed E-state index contributed by atoms with van der Waals surface area (Å²) < 4.78 is 28.7. The third-order valence-electron chi connectivity index (χ3n) is 4.50. The Morgan fingerprint density at radius 1 is 1.17 bits per heavy atom. The zero-order chi connectivity index (χ0) is 21.1. The number of nitrogens with zero attached hydrogens (tertiary/aromatic N) is 1. The van der Waals surface area contributed by atoms with Gasteiger partial charge in [0, 0.05) is 27.9 Å². The summed E-state index contributed by atoms with van der Waals surface area (Å²) in [5.41, 5.74) is 2.22. The molecule has 156 valence electrons. The van der Waals surface area contributed by atoms with Crippen molar-refractivity contribution in [2.45, 2.75) is 19.2 Å². The average molecular weight is 447 g/mol. The van der Waals surface area contributed by atoms with E-state index in [1.807, 2.05) is 12.1 Å². The van der Waals surface area contributed by atoms with Gasteiger partial charge in [0.05, 0.1) is 11.4 Å². The lowest BCUT2D eigenvalue weighted by atomic mass is 10.2. The Labute approximate surface area is 180 Å². The van der Waals surface area contributed by atoms with Crippen molar-refractivity contribution in [1.82, 2.24) is 10.3 Å². The van der Waals surface area contributed by atoms with Gasteiger partial charge in [0.15, 0.2) is 11.5 Å². The lowest BCUT2D eigenvalue weighted by Crippen LogP contribution is -2.28. The van der Waals surface area contributed by atoms with E-state index in [4.69, 9.17) is 25.5 Å². The van der Waals surface area contributed by atoms with Gasteiger partial charge >= 0.3 is 0 Å². The summed E-state index contributed by atoms with van der Waals surface area (Å²) in [4.78, 5) is 16.6. The molecule has 7 nitrogen and oxygen atoms in total. The number of ether oxygens (including phenoxy) is 2. The van der Waals surface area contributed by atoms with Crippen LogP contribution in [0.2, 0.25) is 5.02 Å². The maximum atomic E-state index is 12.4. The molecule has 9 heteroatoms. The Bertz CT molecular complexity index is 1100. The Kier molecular flexibility index (Phi) is 6.06. The van der Waals surface area contributed by atoms with Gasteiger partial charge in [-0.25, -0.2) is 4.98 Å². The fourth-order valence-electron chi connectivity index (χ4n) is 2.93. The highest BCUT2D eigenvalue weighted by Crippen LogP contribution is 2.32. The molecule has 0 aliphatic carbocycles. The second-order valence-electron chi connectivity index (χ2n) is 6.72. The topological polar surface area (TPSA) is 90.7 Å². The maximum absolute atomic E-state index is 12.4. The highest BCUT2D eigenvalue weighted by Gasteiger charge is 2.17. The SMILES string of the molecule is Cc1oc(-c2ccc(Cl)cc2)nc1C[S@](=O)CC(=O)NCc1ccc2c(c1)OCO2. The third kappa shape index (κ3) is 4.83. The summed E-state index contributed by atoms with van der Waals surface area (Å²) >= 11 is 5.90. The molecule has 1 atom stereocenters. The lowest BCUT2D eigenvalue weighted by molar-refractivity contribution is -0.118. The molecule has 1 aliphatic rings. The Morgan fingerprint density at radius 3 is 2.73 bits per heavy atom. The molecular weight excluding hydrogens is 428 g/mol. The molecule has 2 aromatic carbocycles. The fraction of sp³-hybridized carbons (Fsp3) is 0.238. The predicted molar refractivity (Wildman–Crippen MR) is 113 cm³/mol. The van der Waals surface area contributed by atoms with E-state index in [9.17, 15) is 9.00 Å². The van der Waals surface area contributed by atoms with Crippen LogP contribution in [0.1, 0.15) is 17.0 Å². The second-order valence-corrected chi connectivity index (χ2v) is 8.62. The van der Waals surface area contributed by atoms with E-state index in [2.05, 4.69) is 10.3 Å². The van der Waals surface area contributed by atoms with E-state index in [0.29, 0.717) is 40.4 Å². The fourth-order valence-corrected chi connectivity index (χ4v) is 4.13. The van der Waals surface area contributed by atoms with E-state index in [1.165, 1.54) is 0 Å². The van der Waals surface area contributed by atoms with Crippen molar-refractivity contribution in [2.75, 3.05) is 12.5 Å². The molecule has 1 N–H and O–H groups in total. The minimum Gasteiger partial charge on any atom is -0.454 e. The first kappa shape index (κ1) is 20.4. The van der Waals surface area contributed by atoms with Crippen LogP contribution in [-0.2, 0) is 27.9 Å². The van der Waals surface area contributed by atoms with Crippen LogP contribution in [0.25, 0.3) is 11.5 Å². The number of halogens is 1. The first-order chi connectivity index (χ1) is 14.5. The van der Waals surface area contributed by atoms with E-state index >= 15 is 0 Å². The quantitative estimate of drug-likeness (QED) is 0.596. The molecule has 1 amide bonds. The molecule has 0 unspecified atom stereocenters. The molecule has 0 bridgehead atoms. The highest BCUT2D eigenvalue weighted by atomic mass is 35.5. The van der Waals surface area contributed by atoms with Crippen LogP contribution in [0.15, 0.2) is 46.9 Å². The highest BCUT2D eigenvalue weighted by molar-refractivity contribution is 7.84. The number of oxazole rings is 1. The minimum atomic E-state index is -1.42. The van der Waals surface area contributed by atoms with Crippen molar-refractivity contribution in [2.24, 2.45) is 0 Å². The van der Waals surface area contributed by atoms with E-state index < -0.39 is 10.8 Å². The van der Waals surface area contributed by atoms with E-state index in [-0.39, 0.29) is 24.2 Å². The summed E-state index contributed by atoms with van der Waals surface area (Å²) in [6.07, 6.45) is 0. The van der Waals surface area contributed by atoms with Crippen LogP contribution < -0.4 is 14.8 Å². The predicted octanol–water partition coefficient (Wildman–Crippen LogP) is 3.60. The molecule has 3 aromatic rings. The number of hydrogen-bond acceptors (Lipinski definition) is 6. The van der Waals surface area contributed by atoms with E-state index in [0.717, 1.165) is 11.1 Å². The molecule has 0 saturated heterocycles.